The highest BCUT2D eigenvalue weighted by Gasteiger charge is 2.08. The Bertz CT molecular complexity index is 265. The first-order chi connectivity index (χ1) is 7.36. The second kappa shape index (κ2) is 6.43. The molecule has 0 saturated carbocycles. The van der Waals surface area contributed by atoms with E-state index >= 15 is 0 Å². The molecule has 15 heavy (non-hydrogen) atoms. The Kier molecular flexibility index (Phi) is 5.15. The molecule has 1 aliphatic rings. The van der Waals surface area contributed by atoms with E-state index in [2.05, 4.69) is 41.4 Å². The van der Waals surface area contributed by atoms with E-state index in [0.29, 0.717) is 0 Å². The molecule has 3 nitrogen and oxygen atoms in total. The van der Waals surface area contributed by atoms with Gasteiger partial charge in [0.1, 0.15) is 0 Å². The highest BCUT2D eigenvalue weighted by atomic mass is 16.2. The highest BCUT2D eigenvalue weighted by Crippen LogP contribution is 2.14. The zero-order valence-corrected chi connectivity index (χ0v) is 9.53. The molecule has 0 amide bonds. The van der Waals surface area contributed by atoms with Crippen LogP contribution in [0.15, 0.2) is 24.3 Å². The molecule has 0 aromatic heterocycles. The lowest BCUT2D eigenvalue weighted by atomic mass is 10.2. The van der Waals surface area contributed by atoms with Crippen LogP contribution >= 0.6 is 0 Å². The normalized spacial score (nSPS) is 15.5. The molecule has 84 valence electrons. The summed E-state index contributed by atoms with van der Waals surface area (Å²) in [6.45, 7) is 6.59. The standard InChI is InChI=1S/C11H16N2.CH4O/c1-10-2-4-11(5-3-10)13-8-6-12-7-9-13;1-2/h2-5,12H,6-9H2,1H3;2H,1H3. The summed E-state index contributed by atoms with van der Waals surface area (Å²) in [6.07, 6.45) is 0. The largest absolute Gasteiger partial charge is 0.400 e. The van der Waals surface area contributed by atoms with Gasteiger partial charge in [-0.25, -0.2) is 0 Å². The molecule has 1 aliphatic heterocycles. The Balaban J connectivity index is 0.000000531. The smallest absolute Gasteiger partial charge is 0.0367 e. The quantitative estimate of drug-likeness (QED) is 0.723. The number of benzene rings is 1. The number of nitrogens with zero attached hydrogens (tertiary/aromatic N) is 1. The third kappa shape index (κ3) is 3.53. The van der Waals surface area contributed by atoms with Crippen molar-refractivity contribution >= 4 is 5.69 Å². The number of hydrogen-bond donors (Lipinski definition) is 2. The molecule has 0 unspecified atom stereocenters. The maximum Gasteiger partial charge on any atom is 0.0367 e. The molecule has 2 N–H and O–H groups in total. The van der Waals surface area contributed by atoms with Crippen molar-refractivity contribution in [2.75, 3.05) is 38.2 Å². The van der Waals surface area contributed by atoms with Gasteiger partial charge in [-0.15, -0.1) is 0 Å². The average Bonchev–Trinajstić information content (AvgIpc) is 2.34. The van der Waals surface area contributed by atoms with Crippen molar-refractivity contribution in [3.8, 4) is 0 Å². The number of aliphatic hydroxyl groups is 1. The second-order valence-corrected chi connectivity index (χ2v) is 3.57. The van der Waals surface area contributed by atoms with Crippen molar-refractivity contribution in [1.82, 2.24) is 5.32 Å². The van der Waals surface area contributed by atoms with Crippen molar-refractivity contribution in [3.63, 3.8) is 0 Å². The Morgan fingerprint density at radius 3 is 2.13 bits per heavy atom. The monoisotopic (exact) mass is 208 g/mol. The summed E-state index contributed by atoms with van der Waals surface area (Å²) in [5, 5.41) is 10.4. The molecule has 0 radical (unpaired) electrons. The lowest BCUT2D eigenvalue weighted by molar-refractivity contribution is 0.399. The zero-order chi connectivity index (χ0) is 11.1. The summed E-state index contributed by atoms with van der Waals surface area (Å²) in [4.78, 5) is 2.43. The summed E-state index contributed by atoms with van der Waals surface area (Å²) < 4.78 is 0. The van der Waals surface area contributed by atoms with E-state index in [1.54, 1.807) is 0 Å². The number of aryl methyl sites for hydroxylation is 1. The Labute approximate surface area is 91.7 Å². The van der Waals surface area contributed by atoms with Crippen LogP contribution in [0, 0.1) is 6.92 Å². The summed E-state index contributed by atoms with van der Waals surface area (Å²) in [5.41, 5.74) is 2.69. The van der Waals surface area contributed by atoms with Gasteiger partial charge in [0.25, 0.3) is 0 Å². The minimum atomic E-state index is 1.00. The van der Waals surface area contributed by atoms with Crippen molar-refractivity contribution in [2.24, 2.45) is 0 Å². The van der Waals surface area contributed by atoms with Gasteiger partial charge in [0.05, 0.1) is 0 Å². The van der Waals surface area contributed by atoms with E-state index in [4.69, 9.17) is 5.11 Å². The maximum absolute atomic E-state index is 7.00. The van der Waals surface area contributed by atoms with Gasteiger partial charge in [-0.2, -0.15) is 0 Å². The van der Waals surface area contributed by atoms with E-state index in [0.717, 1.165) is 33.3 Å². The number of aliphatic hydroxyl groups excluding tert-OH is 1. The van der Waals surface area contributed by atoms with Gasteiger partial charge in [-0.05, 0) is 19.1 Å². The van der Waals surface area contributed by atoms with Gasteiger partial charge in [0.2, 0.25) is 0 Å². The first-order valence-electron chi connectivity index (χ1n) is 5.33. The van der Waals surface area contributed by atoms with Gasteiger partial charge in [0.15, 0.2) is 0 Å². The Morgan fingerprint density at radius 2 is 1.60 bits per heavy atom. The van der Waals surface area contributed by atoms with E-state index in [-0.39, 0.29) is 0 Å². The van der Waals surface area contributed by atoms with Gasteiger partial charge < -0.3 is 15.3 Å². The van der Waals surface area contributed by atoms with Gasteiger partial charge in [-0.1, -0.05) is 17.7 Å². The molecule has 3 heteroatoms. The molecule has 0 atom stereocenters. The van der Waals surface area contributed by atoms with Gasteiger partial charge in [0, 0.05) is 39.0 Å². The molecule has 2 rings (SSSR count). The fraction of sp³-hybridized carbons (Fsp3) is 0.500. The van der Waals surface area contributed by atoms with E-state index in [1.165, 1.54) is 11.3 Å². The number of rotatable bonds is 1. The van der Waals surface area contributed by atoms with Crippen molar-refractivity contribution < 1.29 is 5.11 Å². The van der Waals surface area contributed by atoms with Crippen LogP contribution < -0.4 is 10.2 Å². The third-order valence-electron chi connectivity index (χ3n) is 2.52. The lowest BCUT2D eigenvalue weighted by Gasteiger charge is -2.29. The molecule has 1 aromatic rings. The molecule has 0 aliphatic carbocycles. The SMILES string of the molecule is CO.Cc1ccc(N2CCNCC2)cc1. The third-order valence-corrected chi connectivity index (χ3v) is 2.52. The molecule has 1 heterocycles. The highest BCUT2D eigenvalue weighted by molar-refractivity contribution is 5.47. The van der Waals surface area contributed by atoms with Gasteiger partial charge in [-0.3, -0.25) is 0 Å². The van der Waals surface area contributed by atoms with Crippen LogP contribution in [0.3, 0.4) is 0 Å². The van der Waals surface area contributed by atoms with Crippen molar-refractivity contribution in [1.29, 1.82) is 0 Å². The second-order valence-electron chi connectivity index (χ2n) is 3.57. The van der Waals surface area contributed by atoms with Gasteiger partial charge >= 0.3 is 0 Å². The number of nitrogens with one attached hydrogen (secondary N) is 1. The summed E-state index contributed by atoms with van der Waals surface area (Å²) in [6, 6.07) is 8.77. The molecular formula is C12H20N2O. The fourth-order valence-corrected chi connectivity index (χ4v) is 1.68. The van der Waals surface area contributed by atoms with E-state index < -0.39 is 0 Å². The van der Waals surface area contributed by atoms with Crippen molar-refractivity contribution in [2.45, 2.75) is 6.92 Å². The van der Waals surface area contributed by atoms with Crippen LogP contribution in [0.4, 0.5) is 5.69 Å². The molecule has 1 fully saturated rings. The van der Waals surface area contributed by atoms with Crippen LogP contribution in [0.5, 0.6) is 0 Å². The fourth-order valence-electron chi connectivity index (χ4n) is 1.68. The first kappa shape index (κ1) is 12.0. The van der Waals surface area contributed by atoms with Crippen LogP contribution in [0.1, 0.15) is 5.56 Å². The average molecular weight is 208 g/mol. The maximum atomic E-state index is 7.00. The number of anilines is 1. The zero-order valence-electron chi connectivity index (χ0n) is 9.53. The summed E-state index contributed by atoms with van der Waals surface area (Å²) in [5.74, 6) is 0. The van der Waals surface area contributed by atoms with Crippen LogP contribution in [-0.2, 0) is 0 Å². The first-order valence-corrected chi connectivity index (χ1v) is 5.33. The predicted octanol–water partition coefficient (Wildman–Crippen LogP) is 1.01. The Hall–Kier alpha value is -1.06. The van der Waals surface area contributed by atoms with E-state index in [1.807, 2.05) is 0 Å². The predicted molar refractivity (Wildman–Crippen MR) is 64.4 cm³/mol. The number of hydrogen-bond acceptors (Lipinski definition) is 3. The van der Waals surface area contributed by atoms with Crippen molar-refractivity contribution in [3.05, 3.63) is 29.8 Å². The molecule has 0 spiro atoms. The molecule has 0 bridgehead atoms. The van der Waals surface area contributed by atoms with Crippen LogP contribution in [0.25, 0.3) is 0 Å². The van der Waals surface area contributed by atoms with E-state index in [9.17, 15) is 0 Å². The molecular weight excluding hydrogens is 188 g/mol. The summed E-state index contributed by atoms with van der Waals surface area (Å²) in [7, 11) is 1.00. The Morgan fingerprint density at radius 1 is 1.07 bits per heavy atom. The molecule has 1 saturated heterocycles. The number of piperazine rings is 1. The lowest BCUT2D eigenvalue weighted by Crippen LogP contribution is -2.43. The minimum Gasteiger partial charge on any atom is -0.400 e. The van der Waals surface area contributed by atoms with Crippen LogP contribution in [-0.4, -0.2) is 38.4 Å². The topological polar surface area (TPSA) is 35.5 Å². The molecule has 1 aromatic carbocycles. The summed E-state index contributed by atoms with van der Waals surface area (Å²) >= 11 is 0. The minimum absolute atomic E-state index is 1.00. The van der Waals surface area contributed by atoms with Crippen LogP contribution in [0.2, 0.25) is 0 Å².